The fraction of sp³-hybridized carbons (Fsp3) is 0.107. The summed E-state index contributed by atoms with van der Waals surface area (Å²) in [6, 6.07) is 39.8. The van der Waals surface area contributed by atoms with Crippen molar-refractivity contribution in [3.05, 3.63) is 121 Å². The zero-order valence-corrected chi connectivity index (χ0v) is 20.5. The molecule has 0 aliphatic heterocycles. The summed E-state index contributed by atoms with van der Waals surface area (Å²) in [6.45, 7) is 1.81. The van der Waals surface area contributed by atoms with Gasteiger partial charge in [-0.05, 0) is 0 Å². The Bertz CT molecular complexity index is 1090. The van der Waals surface area contributed by atoms with Gasteiger partial charge >= 0.3 is 198 Å². The van der Waals surface area contributed by atoms with E-state index in [1.54, 1.807) is 0 Å². The normalized spacial score (nSPS) is 12.5. The Kier molecular flexibility index (Phi) is 6.60. The molecule has 0 fully saturated rings. The van der Waals surface area contributed by atoms with Crippen LogP contribution >= 0.6 is 20.8 Å². The second-order valence-electron chi connectivity index (χ2n) is 7.78. The Morgan fingerprint density at radius 2 is 1.09 bits per heavy atom. The molecule has 0 heterocycles. The summed E-state index contributed by atoms with van der Waals surface area (Å²) in [5.74, 6) is 0.391. The Morgan fingerprint density at radius 3 is 1.53 bits per heavy atom. The van der Waals surface area contributed by atoms with Crippen LogP contribution in [0.2, 0.25) is 0 Å². The van der Waals surface area contributed by atoms with Gasteiger partial charge in [0.05, 0.1) is 0 Å². The summed E-state index contributed by atoms with van der Waals surface area (Å²) < 4.78 is 5.75. The standard InChI is InChI=1S/C28H26BrO2P/c1-2-28(30)31-27-21-13-12-14-23(27)22-32(29,24-15-6-3-7-16-24,25-17-8-4-9-18-25)26-19-10-5-11-20-26/h3-21H,2,22H2,1H3. The quantitative estimate of drug-likeness (QED) is 0.166. The molecule has 0 amide bonds. The maximum atomic E-state index is 12.2. The van der Waals surface area contributed by atoms with Crippen molar-refractivity contribution < 1.29 is 9.53 Å². The molecule has 32 heavy (non-hydrogen) atoms. The zero-order chi connectivity index (χ0) is 22.5. The molecule has 4 rings (SSSR count). The third-order valence-corrected chi connectivity index (χ3v) is 15.3. The molecule has 2 nitrogen and oxygen atoms in total. The number of halogens is 1. The van der Waals surface area contributed by atoms with Crippen LogP contribution in [0.3, 0.4) is 0 Å². The minimum absolute atomic E-state index is 0.230. The Labute approximate surface area is 197 Å². The number of carbonyl (C=O) groups excluding carboxylic acids is 1. The van der Waals surface area contributed by atoms with E-state index in [0.29, 0.717) is 18.3 Å². The van der Waals surface area contributed by atoms with E-state index in [0.717, 1.165) is 5.56 Å². The molecule has 0 saturated heterocycles. The first kappa shape index (κ1) is 22.5. The van der Waals surface area contributed by atoms with E-state index < -0.39 is 5.31 Å². The second-order valence-corrected chi connectivity index (χ2v) is 16.7. The van der Waals surface area contributed by atoms with Gasteiger partial charge in [0.2, 0.25) is 0 Å². The molecule has 0 radical (unpaired) electrons. The van der Waals surface area contributed by atoms with Gasteiger partial charge in [0.15, 0.2) is 0 Å². The minimum atomic E-state index is -3.16. The van der Waals surface area contributed by atoms with Gasteiger partial charge in [0, 0.05) is 0 Å². The van der Waals surface area contributed by atoms with Crippen LogP contribution in [-0.4, -0.2) is 5.97 Å². The van der Waals surface area contributed by atoms with Gasteiger partial charge < -0.3 is 0 Å². The van der Waals surface area contributed by atoms with E-state index in [1.807, 2.05) is 43.3 Å². The van der Waals surface area contributed by atoms with Crippen LogP contribution in [0.4, 0.5) is 0 Å². The number of ether oxygens (including phenoxy) is 1. The number of rotatable bonds is 7. The number of para-hydroxylation sites is 1. The van der Waals surface area contributed by atoms with Crippen LogP contribution in [0.25, 0.3) is 0 Å². The van der Waals surface area contributed by atoms with Gasteiger partial charge in [-0.3, -0.25) is 0 Å². The van der Waals surface area contributed by atoms with E-state index in [-0.39, 0.29) is 5.97 Å². The third kappa shape index (κ3) is 4.03. The molecule has 0 aromatic heterocycles. The molecule has 0 aliphatic rings. The molecule has 0 unspecified atom stereocenters. The fourth-order valence-corrected chi connectivity index (χ4v) is 11.8. The van der Waals surface area contributed by atoms with Gasteiger partial charge in [-0.25, -0.2) is 0 Å². The number of carbonyl (C=O) groups is 1. The number of benzene rings is 4. The predicted molar refractivity (Wildman–Crippen MR) is 140 cm³/mol. The monoisotopic (exact) mass is 504 g/mol. The summed E-state index contributed by atoms with van der Waals surface area (Å²) in [5, 5.41) is 0.531. The SMILES string of the molecule is CCC(=O)Oc1ccccc1CP(Br)(c1ccccc1)(c1ccccc1)c1ccccc1. The molecule has 4 aromatic rings. The topological polar surface area (TPSA) is 26.3 Å². The summed E-state index contributed by atoms with van der Waals surface area (Å²) >= 11 is 4.46. The average Bonchev–Trinajstić information content (AvgIpc) is 2.87. The molecular formula is C28H26BrO2P. The molecule has 0 aliphatic carbocycles. The summed E-state index contributed by atoms with van der Waals surface area (Å²) in [4.78, 5) is 12.2. The molecule has 4 aromatic carbocycles. The van der Waals surface area contributed by atoms with Crippen LogP contribution in [0.5, 0.6) is 5.75 Å². The van der Waals surface area contributed by atoms with Crippen LogP contribution < -0.4 is 20.7 Å². The first-order chi connectivity index (χ1) is 15.6. The van der Waals surface area contributed by atoms with Crippen LogP contribution in [0, 0.1) is 0 Å². The first-order valence-electron chi connectivity index (χ1n) is 10.7. The molecular weight excluding hydrogens is 479 g/mol. The van der Waals surface area contributed by atoms with E-state index in [2.05, 4.69) is 94.4 Å². The molecule has 162 valence electrons. The molecule has 4 heteroatoms. The van der Waals surface area contributed by atoms with Gasteiger partial charge in [0.1, 0.15) is 0 Å². The van der Waals surface area contributed by atoms with Gasteiger partial charge in [-0.2, -0.15) is 0 Å². The van der Waals surface area contributed by atoms with Crippen molar-refractivity contribution in [2.45, 2.75) is 19.5 Å². The van der Waals surface area contributed by atoms with Crippen LogP contribution in [-0.2, 0) is 11.0 Å². The van der Waals surface area contributed by atoms with E-state index in [9.17, 15) is 4.79 Å². The maximum absolute atomic E-state index is 12.2. The van der Waals surface area contributed by atoms with Gasteiger partial charge in [-0.1, -0.05) is 0 Å². The van der Waals surface area contributed by atoms with Crippen molar-refractivity contribution in [1.82, 2.24) is 0 Å². The molecule has 0 spiro atoms. The summed E-state index contributed by atoms with van der Waals surface area (Å²) in [6.07, 6.45) is 1.01. The van der Waals surface area contributed by atoms with E-state index in [4.69, 9.17) is 4.74 Å². The fourth-order valence-electron chi connectivity index (χ4n) is 4.19. The van der Waals surface area contributed by atoms with Gasteiger partial charge in [-0.15, -0.1) is 0 Å². The van der Waals surface area contributed by atoms with E-state index in [1.165, 1.54) is 15.9 Å². The Balaban J connectivity index is 2.03. The van der Waals surface area contributed by atoms with Crippen LogP contribution in [0.1, 0.15) is 18.9 Å². The number of esters is 1. The zero-order valence-electron chi connectivity index (χ0n) is 18.0. The summed E-state index contributed by atoms with van der Waals surface area (Å²) in [7, 11) is 0. The van der Waals surface area contributed by atoms with E-state index >= 15 is 0 Å². The molecule has 0 bridgehead atoms. The Hall–Kier alpha value is -2.74. The first-order valence-corrected chi connectivity index (χ1v) is 15.2. The van der Waals surface area contributed by atoms with Crippen molar-refractivity contribution in [3.63, 3.8) is 0 Å². The number of hydrogen-bond donors (Lipinski definition) is 0. The van der Waals surface area contributed by atoms with Crippen molar-refractivity contribution in [1.29, 1.82) is 0 Å². The van der Waals surface area contributed by atoms with Crippen LogP contribution in [0.15, 0.2) is 115 Å². The predicted octanol–water partition coefficient (Wildman–Crippen LogP) is 6.34. The van der Waals surface area contributed by atoms with Crippen molar-refractivity contribution in [2.24, 2.45) is 0 Å². The number of hydrogen-bond acceptors (Lipinski definition) is 2. The van der Waals surface area contributed by atoms with Crippen molar-refractivity contribution in [3.8, 4) is 5.75 Å². The second kappa shape index (κ2) is 9.40. The van der Waals surface area contributed by atoms with Gasteiger partial charge in [0.25, 0.3) is 0 Å². The summed E-state index contributed by atoms with van der Waals surface area (Å²) in [5.41, 5.74) is 1.00. The third-order valence-electron chi connectivity index (χ3n) is 5.84. The molecule has 0 atom stereocenters. The van der Waals surface area contributed by atoms with Crippen molar-refractivity contribution >= 4 is 42.7 Å². The average molecular weight is 505 g/mol. The molecule has 0 saturated carbocycles. The molecule has 0 N–H and O–H groups in total. The van der Waals surface area contributed by atoms with Crippen molar-refractivity contribution in [2.75, 3.05) is 0 Å². The Morgan fingerprint density at radius 1 is 0.688 bits per heavy atom.